The molecule has 0 amide bonds. The lowest BCUT2D eigenvalue weighted by Crippen LogP contribution is -2.55. The summed E-state index contributed by atoms with van der Waals surface area (Å²) >= 11 is 0. The van der Waals surface area contributed by atoms with E-state index in [9.17, 15) is 23.4 Å². The fourth-order valence-corrected chi connectivity index (χ4v) is 5.73. The van der Waals surface area contributed by atoms with Gasteiger partial charge in [-0.25, -0.2) is 0 Å². The second kappa shape index (κ2) is 8.68. The number of hydrogen-bond donors (Lipinski definition) is 2. The Balaban J connectivity index is 1.38. The summed E-state index contributed by atoms with van der Waals surface area (Å²) in [5, 5.41) is 29.8. The number of halogens is 3. The Morgan fingerprint density at radius 3 is 2.56 bits per heavy atom. The van der Waals surface area contributed by atoms with Crippen LogP contribution in [0.2, 0.25) is 0 Å². The van der Waals surface area contributed by atoms with Crippen LogP contribution in [0.4, 0.5) is 19.0 Å². The van der Waals surface area contributed by atoms with Gasteiger partial charge in [0.2, 0.25) is 0 Å². The van der Waals surface area contributed by atoms with Gasteiger partial charge in [0.1, 0.15) is 5.75 Å². The summed E-state index contributed by atoms with van der Waals surface area (Å²) < 4.78 is 39.3. The van der Waals surface area contributed by atoms with Crippen LogP contribution in [0.1, 0.15) is 55.2 Å². The van der Waals surface area contributed by atoms with Gasteiger partial charge < -0.3 is 15.1 Å². The molecule has 1 atom stereocenters. The zero-order valence-electron chi connectivity index (χ0n) is 19.4. The number of aromatic hydroxyl groups is 1. The van der Waals surface area contributed by atoms with E-state index < -0.39 is 23.1 Å². The van der Waals surface area contributed by atoms with Gasteiger partial charge in [-0.1, -0.05) is 0 Å². The SMILES string of the molecule is Cc1cc(C(F)(F)F)cc(O)c1-c1cc2c(nn1)N([C@H]1CCCN(CC3(O)CCC3)C1)CCC2. The van der Waals surface area contributed by atoms with Gasteiger partial charge in [-0.3, -0.25) is 4.90 Å². The summed E-state index contributed by atoms with van der Waals surface area (Å²) in [4.78, 5) is 4.68. The first-order valence-electron chi connectivity index (χ1n) is 12.1. The molecule has 0 unspecified atom stereocenters. The van der Waals surface area contributed by atoms with Crippen LogP contribution in [0.5, 0.6) is 5.75 Å². The number of aliphatic hydroxyl groups is 1. The van der Waals surface area contributed by atoms with E-state index in [4.69, 9.17) is 0 Å². The van der Waals surface area contributed by atoms with Gasteiger partial charge >= 0.3 is 6.18 Å². The summed E-state index contributed by atoms with van der Waals surface area (Å²) in [5.41, 5.74) is 0.588. The van der Waals surface area contributed by atoms with Gasteiger partial charge in [-0.15, -0.1) is 10.2 Å². The number of β-amino-alcohol motifs (C(OH)–C–C–N with tert-alkyl or cyclic N) is 1. The Hall–Kier alpha value is -2.39. The molecule has 1 saturated heterocycles. The minimum atomic E-state index is -4.52. The number of anilines is 1. The number of hydrogen-bond acceptors (Lipinski definition) is 6. The molecule has 34 heavy (non-hydrogen) atoms. The number of fused-ring (bicyclic) bond motifs is 1. The van der Waals surface area contributed by atoms with Crippen LogP contribution >= 0.6 is 0 Å². The highest BCUT2D eigenvalue weighted by atomic mass is 19.4. The van der Waals surface area contributed by atoms with Crippen LogP contribution in [0.25, 0.3) is 11.3 Å². The third-order valence-corrected chi connectivity index (χ3v) is 7.59. The summed E-state index contributed by atoms with van der Waals surface area (Å²) in [5.74, 6) is 0.388. The molecule has 2 fully saturated rings. The zero-order valence-corrected chi connectivity index (χ0v) is 19.4. The van der Waals surface area contributed by atoms with Gasteiger partial charge in [-0.05, 0) is 87.7 Å². The van der Waals surface area contributed by atoms with Crippen LogP contribution in [0, 0.1) is 6.92 Å². The average Bonchev–Trinajstić information content (AvgIpc) is 2.76. The van der Waals surface area contributed by atoms with Crippen molar-refractivity contribution in [2.24, 2.45) is 0 Å². The van der Waals surface area contributed by atoms with Crippen molar-refractivity contribution in [3.63, 3.8) is 0 Å². The van der Waals surface area contributed by atoms with E-state index >= 15 is 0 Å². The van der Waals surface area contributed by atoms with E-state index in [-0.39, 0.29) is 11.6 Å². The molecule has 1 aromatic carbocycles. The van der Waals surface area contributed by atoms with E-state index in [0.717, 1.165) is 94.6 Å². The number of piperidine rings is 1. The Morgan fingerprint density at radius 1 is 1.09 bits per heavy atom. The third kappa shape index (κ3) is 4.47. The summed E-state index contributed by atoms with van der Waals surface area (Å²) in [7, 11) is 0. The number of alkyl halides is 3. The number of nitrogens with zero attached hydrogens (tertiary/aromatic N) is 4. The average molecular weight is 477 g/mol. The maximum atomic E-state index is 13.1. The second-order valence-corrected chi connectivity index (χ2v) is 10.2. The number of aromatic nitrogens is 2. The molecule has 184 valence electrons. The highest BCUT2D eigenvalue weighted by molar-refractivity contribution is 5.72. The summed E-state index contributed by atoms with van der Waals surface area (Å²) in [6, 6.07) is 3.94. The fraction of sp³-hybridized carbons (Fsp3) is 0.600. The number of likely N-dealkylation sites (tertiary alicyclic amines) is 1. The Kier molecular flexibility index (Phi) is 5.96. The van der Waals surface area contributed by atoms with Gasteiger partial charge in [0.15, 0.2) is 5.82 Å². The summed E-state index contributed by atoms with van der Waals surface area (Å²) in [6.07, 6.45) is 2.22. The third-order valence-electron chi connectivity index (χ3n) is 7.59. The molecule has 2 aromatic rings. The van der Waals surface area contributed by atoms with Crippen molar-refractivity contribution in [2.75, 3.05) is 31.1 Å². The first-order chi connectivity index (χ1) is 16.1. The minimum absolute atomic E-state index is 0.290. The largest absolute Gasteiger partial charge is 0.507 e. The standard InChI is InChI=1S/C25H31F3N4O2/c1-16-11-18(25(26,27)28)13-21(33)22(16)20-12-17-5-2-10-32(23(17)30-29-20)19-6-3-9-31(14-19)15-24(34)7-4-8-24/h11-13,19,33-34H,2-10,14-15H2,1H3/t19-/m0/s1. The van der Waals surface area contributed by atoms with Gasteiger partial charge in [0.05, 0.1) is 16.9 Å². The summed E-state index contributed by atoms with van der Waals surface area (Å²) in [6.45, 7) is 5.03. The van der Waals surface area contributed by atoms with Gasteiger partial charge in [0.25, 0.3) is 0 Å². The monoisotopic (exact) mass is 476 g/mol. The van der Waals surface area contributed by atoms with E-state index in [2.05, 4.69) is 20.0 Å². The Morgan fingerprint density at radius 2 is 1.88 bits per heavy atom. The van der Waals surface area contributed by atoms with Crippen LogP contribution in [-0.2, 0) is 12.6 Å². The van der Waals surface area contributed by atoms with E-state index in [1.807, 2.05) is 6.07 Å². The molecule has 1 saturated carbocycles. The Bertz CT molecular complexity index is 1050. The van der Waals surface area contributed by atoms with Crippen LogP contribution < -0.4 is 4.90 Å². The predicted molar refractivity (Wildman–Crippen MR) is 123 cm³/mol. The zero-order chi connectivity index (χ0) is 24.1. The van der Waals surface area contributed by atoms with E-state index in [1.54, 1.807) is 6.92 Å². The van der Waals surface area contributed by atoms with Gasteiger partial charge in [-0.2, -0.15) is 13.2 Å². The molecule has 2 aliphatic heterocycles. The minimum Gasteiger partial charge on any atom is -0.507 e. The molecular formula is C25H31F3N4O2. The van der Waals surface area contributed by atoms with Crippen molar-refractivity contribution in [2.45, 2.75) is 69.7 Å². The lowest BCUT2D eigenvalue weighted by molar-refractivity contribution is -0.137. The number of rotatable bonds is 4. The maximum Gasteiger partial charge on any atom is 0.416 e. The van der Waals surface area contributed by atoms with Crippen LogP contribution in [-0.4, -0.2) is 63.1 Å². The van der Waals surface area contributed by atoms with Crippen LogP contribution in [0.3, 0.4) is 0 Å². The molecule has 3 aliphatic rings. The van der Waals surface area contributed by atoms with Crippen molar-refractivity contribution in [3.05, 3.63) is 34.9 Å². The van der Waals surface area contributed by atoms with E-state index in [1.165, 1.54) is 0 Å². The van der Waals surface area contributed by atoms with Crippen molar-refractivity contribution in [1.29, 1.82) is 0 Å². The lowest BCUT2D eigenvalue weighted by Gasteiger charge is -2.46. The molecule has 6 nitrogen and oxygen atoms in total. The molecule has 0 spiro atoms. The molecule has 3 heterocycles. The van der Waals surface area contributed by atoms with Crippen molar-refractivity contribution < 1.29 is 23.4 Å². The van der Waals surface area contributed by atoms with Crippen molar-refractivity contribution >= 4 is 5.82 Å². The van der Waals surface area contributed by atoms with Crippen molar-refractivity contribution in [1.82, 2.24) is 15.1 Å². The lowest BCUT2D eigenvalue weighted by atomic mass is 9.79. The molecule has 5 rings (SSSR count). The first kappa shape index (κ1) is 23.4. The normalized spacial score (nSPS) is 22.9. The number of benzene rings is 1. The maximum absolute atomic E-state index is 13.1. The molecule has 2 N–H and O–H groups in total. The quantitative estimate of drug-likeness (QED) is 0.685. The van der Waals surface area contributed by atoms with Crippen molar-refractivity contribution in [3.8, 4) is 17.0 Å². The first-order valence-corrected chi connectivity index (χ1v) is 12.1. The Labute approximate surface area is 197 Å². The fourth-order valence-electron chi connectivity index (χ4n) is 5.73. The topological polar surface area (TPSA) is 72.7 Å². The molecule has 9 heteroatoms. The number of phenols is 1. The molecule has 1 aliphatic carbocycles. The number of aryl methyl sites for hydroxylation is 2. The van der Waals surface area contributed by atoms with Crippen LogP contribution in [0.15, 0.2) is 18.2 Å². The predicted octanol–water partition coefficient (Wildman–Crippen LogP) is 4.31. The molecular weight excluding hydrogens is 445 g/mol. The molecule has 1 aromatic heterocycles. The highest BCUT2D eigenvalue weighted by Crippen LogP contribution is 2.40. The van der Waals surface area contributed by atoms with E-state index in [0.29, 0.717) is 11.3 Å². The second-order valence-electron chi connectivity index (χ2n) is 10.2. The molecule has 0 radical (unpaired) electrons. The smallest absolute Gasteiger partial charge is 0.416 e. The molecule has 0 bridgehead atoms. The number of phenolic OH excluding ortho intramolecular Hbond substituents is 1. The highest BCUT2D eigenvalue weighted by Gasteiger charge is 2.38. The van der Waals surface area contributed by atoms with Gasteiger partial charge in [0, 0.05) is 31.2 Å².